The Kier molecular flexibility index (Phi) is 9.41. The molecule has 11 nitrogen and oxygen atoms in total. The zero-order valence-corrected chi connectivity index (χ0v) is 24.3. The molecular formula is C23H22BrClN4O7S2. The highest BCUT2D eigenvalue weighted by molar-refractivity contribution is 9.10. The summed E-state index contributed by atoms with van der Waals surface area (Å²) in [6.45, 7) is 3.56. The van der Waals surface area contributed by atoms with Crippen LogP contribution in [0.1, 0.15) is 26.8 Å². The van der Waals surface area contributed by atoms with Crippen LogP contribution in [0.15, 0.2) is 45.3 Å². The van der Waals surface area contributed by atoms with E-state index in [0.717, 1.165) is 4.90 Å². The Balaban J connectivity index is 1.78. The lowest BCUT2D eigenvalue weighted by atomic mass is 9.96. The molecule has 3 heterocycles. The molecular weight excluding hydrogens is 624 g/mol. The normalized spacial score (nSPS) is 23.0. The molecule has 0 aliphatic carbocycles. The fourth-order valence-corrected chi connectivity index (χ4v) is 6.22. The van der Waals surface area contributed by atoms with Crippen molar-refractivity contribution in [3.05, 3.63) is 45.5 Å². The average molecular weight is 646 g/mol. The van der Waals surface area contributed by atoms with Crippen LogP contribution in [0.5, 0.6) is 0 Å². The molecule has 0 saturated carbocycles. The minimum atomic E-state index is -1.05. The predicted molar refractivity (Wildman–Crippen MR) is 142 cm³/mol. The van der Waals surface area contributed by atoms with Crippen LogP contribution in [0.4, 0.5) is 0 Å². The Bertz CT molecular complexity index is 1310. The standard InChI is InChI=1S/C23H22BrClN4O7S2/c1-11(30)33-10-18-20(34-12(2)31)19(29-9-17(27-28-29)22-26-6-7-37-22)21(35-13(3)32)23(36-18)38-14-4-5-16(25)15(24)8-14/h4-9,18-21,23H,10H2,1-3H3/t18?,19?,20-,21?,23+/m0/s1. The Hall–Kier alpha value is -2.52. The monoisotopic (exact) mass is 644 g/mol. The number of hydrogen-bond acceptors (Lipinski definition) is 12. The number of aromatic nitrogens is 4. The van der Waals surface area contributed by atoms with Crippen molar-refractivity contribution >= 4 is 68.5 Å². The Morgan fingerprint density at radius 1 is 1.16 bits per heavy atom. The van der Waals surface area contributed by atoms with E-state index in [-0.39, 0.29) is 6.61 Å². The molecule has 2 aromatic heterocycles. The first-order valence-electron chi connectivity index (χ1n) is 11.2. The van der Waals surface area contributed by atoms with Crippen LogP contribution in [-0.2, 0) is 33.3 Å². The van der Waals surface area contributed by atoms with E-state index in [9.17, 15) is 14.4 Å². The maximum atomic E-state index is 12.3. The number of thioether (sulfide) groups is 1. The molecule has 0 N–H and O–H groups in total. The molecule has 1 saturated heterocycles. The number of benzene rings is 1. The number of rotatable bonds is 8. The van der Waals surface area contributed by atoms with Crippen LogP contribution >= 0.6 is 50.6 Å². The summed E-state index contributed by atoms with van der Waals surface area (Å²) in [7, 11) is 0. The number of ether oxygens (including phenoxy) is 4. The van der Waals surface area contributed by atoms with Gasteiger partial charge in [-0.15, -0.1) is 16.4 Å². The van der Waals surface area contributed by atoms with E-state index < -0.39 is 47.7 Å². The van der Waals surface area contributed by atoms with Crippen LogP contribution in [0.2, 0.25) is 5.02 Å². The molecule has 4 rings (SSSR count). The highest BCUT2D eigenvalue weighted by Gasteiger charge is 2.52. The van der Waals surface area contributed by atoms with Crippen molar-refractivity contribution in [1.29, 1.82) is 0 Å². The second-order valence-corrected chi connectivity index (χ2v) is 11.4. The van der Waals surface area contributed by atoms with Gasteiger partial charge in [0.2, 0.25) is 0 Å². The molecule has 202 valence electrons. The number of thiazole rings is 1. The van der Waals surface area contributed by atoms with Crippen molar-refractivity contribution in [3.8, 4) is 10.7 Å². The van der Waals surface area contributed by atoms with E-state index in [4.69, 9.17) is 30.5 Å². The molecule has 15 heteroatoms. The first-order chi connectivity index (χ1) is 18.1. The predicted octanol–water partition coefficient (Wildman–Crippen LogP) is 4.30. The van der Waals surface area contributed by atoms with Crippen molar-refractivity contribution in [3.63, 3.8) is 0 Å². The van der Waals surface area contributed by atoms with Gasteiger partial charge in [0.25, 0.3) is 0 Å². The number of nitrogens with zero attached hydrogens (tertiary/aromatic N) is 4. The van der Waals surface area contributed by atoms with Crippen LogP contribution in [0.25, 0.3) is 10.7 Å². The topological polar surface area (TPSA) is 132 Å². The first kappa shape index (κ1) is 28.5. The Labute approximate surface area is 239 Å². The third kappa shape index (κ3) is 6.91. The fourth-order valence-electron chi connectivity index (χ4n) is 3.83. The van der Waals surface area contributed by atoms with Crippen LogP contribution in [0.3, 0.4) is 0 Å². The molecule has 1 aliphatic heterocycles. The van der Waals surface area contributed by atoms with Gasteiger partial charge >= 0.3 is 17.9 Å². The number of halogens is 2. The number of hydrogen-bond donors (Lipinski definition) is 0. The highest BCUT2D eigenvalue weighted by Crippen LogP contribution is 2.42. The summed E-state index contributed by atoms with van der Waals surface area (Å²) in [6.07, 6.45) is 0.320. The van der Waals surface area contributed by atoms with Gasteiger partial charge in [-0.2, -0.15) is 0 Å². The Morgan fingerprint density at radius 3 is 2.53 bits per heavy atom. The molecule has 5 atom stereocenters. The minimum absolute atomic E-state index is 0.216. The van der Waals surface area contributed by atoms with Crippen molar-refractivity contribution in [2.45, 2.75) is 55.5 Å². The Morgan fingerprint density at radius 2 is 1.89 bits per heavy atom. The third-order valence-electron chi connectivity index (χ3n) is 5.28. The summed E-state index contributed by atoms with van der Waals surface area (Å²) in [5.41, 5.74) is -0.339. The second-order valence-electron chi connectivity index (χ2n) is 8.10. The van der Waals surface area contributed by atoms with Crippen LogP contribution < -0.4 is 0 Å². The third-order valence-corrected chi connectivity index (χ3v) is 8.43. The summed E-state index contributed by atoms with van der Waals surface area (Å²) in [5.74, 6) is -1.72. The molecule has 1 aromatic carbocycles. The first-order valence-corrected chi connectivity index (χ1v) is 14.1. The van der Waals surface area contributed by atoms with E-state index in [0.29, 0.717) is 20.2 Å². The zero-order chi connectivity index (χ0) is 27.4. The molecule has 0 spiro atoms. The maximum absolute atomic E-state index is 12.3. The zero-order valence-electron chi connectivity index (χ0n) is 20.3. The van der Waals surface area contributed by atoms with Gasteiger partial charge in [-0.3, -0.25) is 14.4 Å². The number of carbonyl (C=O) groups excluding carboxylic acids is 3. The molecule has 3 unspecified atom stereocenters. The van der Waals surface area contributed by atoms with Crippen LogP contribution in [-0.4, -0.2) is 68.2 Å². The molecule has 1 aliphatic rings. The van der Waals surface area contributed by atoms with Crippen LogP contribution in [0, 0.1) is 0 Å². The molecule has 1 fully saturated rings. The van der Waals surface area contributed by atoms with E-state index in [2.05, 4.69) is 31.2 Å². The van der Waals surface area contributed by atoms with Crippen molar-refractivity contribution in [1.82, 2.24) is 20.0 Å². The second kappa shape index (κ2) is 12.6. The molecule has 3 aromatic rings. The lowest BCUT2D eigenvalue weighted by molar-refractivity contribution is -0.212. The van der Waals surface area contributed by atoms with Crippen molar-refractivity contribution in [2.24, 2.45) is 0 Å². The lowest BCUT2D eigenvalue weighted by Gasteiger charge is -2.44. The summed E-state index contributed by atoms with van der Waals surface area (Å²) >= 11 is 12.2. The average Bonchev–Trinajstić information content (AvgIpc) is 3.54. The smallest absolute Gasteiger partial charge is 0.303 e. The van der Waals surface area contributed by atoms with Crippen molar-refractivity contribution in [2.75, 3.05) is 6.61 Å². The maximum Gasteiger partial charge on any atom is 0.303 e. The van der Waals surface area contributed by atoms with Gasteiger partial charge in [0.1, 0.15) is 34.9 Å². The largest absolute Gasteiger partial charge is 0.463 e. The summed E-state index contributed by atoms with van der Waals surface area (Å²) < 4.78 is 25.1. The SMILES string of the molecule is CC(=O)OCC1O[C@H](Sc2ccc(Cl)c(Br)c2)C(OC(C)=O)C(n2cc(-c3nccs3)nn2)[C@H]1OC(C)=O. The van der Waals surface area contributed by atoms with Gasteiger partial charge in [-0.25, -0.2) is 9.67 Å². The van der Waals surface area contributed by atoms with Gasteiger partial charge in [0, 0.05) is 41.7 Å². The highest BCUT2D eigenvalue weighted by atomic mass is 79.9. The van der Waals surface area contributed by atoms with E-state index in [1.807, 2.05) is 0 Å². The minimum Gasteiger partial charge on any atom is -0.463 e. The van der Waals surface area contributed by atoms with E-state index in [1.165, 1.54) is 48.6 Å². The fraction of sp³-hybridized carbons (Fsp3) is 0.391. The number of esters is 3. The molecule has 0 amide bonds. The van der Waals surface area contributed by atoms with Gasteiger partial charge < -0.3 is 18.9 Å². The molecule has 0 bridgehead atoms. The van der Waals surface area contributed by atoms with Gasteiger partial charge in [-0.1, -0.05) is 28.6 Å². The molecule has 38 heavy (non-hydrogen) atoms. The van der Waals surface area contributed by atoms with E-state index in [1.54, 1.807) is 36.0 Å². The van der Waals surface area contributed by atoms with Gasteiger partial charge in [0.05, 0.1) is 11.2 Å². The van der Waals surface area contributed by atoms with Gasteiger partial charge in [-0.05, 0) is 34.1 Å². The molecule has 0 radical (unpaired) electrons. The number of carbonyl (C=O) groups is 3. The van der Waals surface area contributed by atoms with Crippen molar-refractivity contribution < 1.29 is 33.3 Å². The summed E-state index contributed by atoms with van der Waals surface area (Å²) in [5, 5.41) is 11.4. The summed E-state index contributed by atoms with van der Waals surface area (Å²) in [6, 6.07) is 4.42. The van der Waals surface area contributed by atoms with Gasteiger partial charge in [0.15, 0.2) is 12.2 Å². The quantitative estimate of drug-likeness (QED) is 0.257. The van der Waals surface area contributed by atoms with E-state index >= 15 is 0 Å². The summed E-state index contributed by atoms with van der Waals surface area (Å²) in [4.78, 5) is 41.1. The lowest BCUT2D eigenvalue weighted by Crippen LogP contribution is -2.57.